The Bertz CT molecular complexity index is 1160. The summed E-state index contributed by atoms with van der Waals surface area (Å²) >= 11 is 1.51. The summed E-state index contributed by atoms with van der Waals surface area (Å²) in [4.78, 5) is 12.1. The SMILES string of the molecule is Cc1ccc2c(CSc3nnc(C45CC6CC(CC(C6)C4)C5)o3)cc(=O)oc2c1C. The van der Waals surface area contributed by atoms with Crippen molar-refractivity contribution in [2.75, 3.05) is 0 Å². The molecule has 4 saturated carbocycles. The molecule has 6 heteroatoms. The van der Waals surface area contributed by atoms with Crippen molar-refractivity contribution >= 4 is 22.7 Å². The van der Waals surface area contributed by atoms with Gasteiger partial charge in [0.25, 0.3) is 5.22 Å². The monoisotopic (exact) mass is 422 g/mol. The van der Waals surface area contributed by atoms with Crippen LogP contribution in [0.2, 0.25) is 0 Å². The van der Waals surface area contributed by atoms with E-state index < -0.39 is 0 Å². The Morgan fingerprint density at radius 3 is 2.43 bits per heavy atom. The van der Waals surface area contributed by atoms with Gasteiger partial charge in [-0.05, 0) is 86.8 Å². The Kier molecular flexibility index (Phi) is 4.18. The minimum absolute atomic E-state index is 0.121. The standard InChI is InChI=1S/C24H26N2O3S/c1-13-3-4-19-18(8-20(27)28-21(19)14(13)2)12-30-23-26-25-22(29-23)24-9-15-5-16(10-24)7-17(6-15)11-24/h3-4,8,15-17H,5-7,9-12H2,1-2H3. The molecule has 1 aromatic carbocycles. The second-order valence-electron chi connectivity index (χ2n) is 9.83. The third kappa shape index (κ3) is 2.95. The van der Waals surface area contributed by atoms with Gasteiger partial charge in [-0.2, -0.15) is 0 Å². The van der Waals surface area contributed by atoms with Crippen molar-refractivity contribution in [2.24, 2.45) is 17.8 Å². The van der Waals surface area contributed by atoms with Gasteiger partial charge in [0, 0.05) is 22.6 Å². The molecule has 0 radical (unpaired) electrons. The number of thioether (sulfide) groups is 1. The zero-order chi connectivity index (χ0) is 20.5. The number of aromatic nitrogens is 2. The molecule has 156 valence electrons. The molecular formula is C24H26N2O3S. The van der Waals surface area contributed by atoms with Crippen LogP contribution in [0.3, 0.4) is 0 Å². The van der Waals surface area contributed by atoms with Gasteiger partial charge >= 0.3 is 5.63 Å². The van der Waals surface area contributed by atoms with Gasteiger partial charge in [-0.25, -0.2) is 4.79 Å². The normalized spacial score (nSPS) is 29.7. The molecular weight excluding hydrogens is 396 g/mol. The lowest BCUT2D eigenvalue weighted by Gasteiger charge is -2.55. The van der Waals surface area contributed by atoms with Crippen LogP contribution in [0, 0.1) is 31.6 Å². The summed E-state index contributed by atoms with van der Waals surface area (Å²) < 4.78 is 11.7. The van der Waals surface area contributed by atoms with Crippen molar-refractivity contribution in [1.29, 1.82) is 0 Å². The maximum Gasteiger partial charge on any atom is 0.336 e. The van der Waals surface area contributed by atoms with E-state index in [4.69, 9.17) is 8.83 Å². The van der Waals surface area contributed by atoms with Crippen LogP contribution in [0.25, 0.3) is 11.0 Å². The average molecular weight is 423 g/mol. The van der Waals surface area contributed by atoms with Crippen LogP contribution in [0.4, 0.5) is 0 Å². The van der Waals surface area contributed by atoms with Crippen molar-refractivity contribution in [3.63, 3.8) is 0 Å². The first-order valence-electron chi connectivity index (χ1n) is 11.0. The lowest BCUT2D eigenvalue weighted by atomic mass is 9.49. The Labute approximate surface area is 179 Å². The van der Waals surface area contributed by atoms with Crippen LogP contribution in [0.1, 0.15) is 61.1 Å². The van der Waals surface area contributed by atoms with Gasteiger partial charge in [0.2, 0.25) is 5.89 Å². The van der Waals surface area contributed by atoms with E-state index in [-0.39, 0.29) is 11.0 Å². The van der Waals surface area contributed by atoms with E-state index >= 15 is 0 Å². The fraction of sp³-hybridized carbons (Fsp3) is 0.542. The molecule has 4 aliphatic rings. The highest BCUT2D eigenvalue weighted by Crippen LogP contribution is 2.60. The molecule has 2 aromatic heterocycles. The van der Waals surface area contributed by atoms with Gasteiger partial charge < -0.3 is 8.83 Å². The number of nitrogens with zero attached hydrogens (tertiary/aromatic N) is 2. The van der Waals surface area contributed by atoms with Crippen LogP contribution in [0.5, 0.6) is 0 Å². The van der Waals surface area contributed by atoms with Gasteiger partial charge in [0.1, 0.15) is 5.58 Å². The molecule has 4 aliphatic carbocycles. The average Bonchev–Trinajstić information content (AvgIpc) is 3.18. The largest absolute Gasteiger partial charge is 0.422 e. The van der Waals surface area contributed by atoms with Crippen LogP contribution in [0.15, 0.2) is 37.1 Å². The summed E-state index contributed by atoms with van der Waals surface area (Å²) in [6.07, 6.45) is 7.85. The zero-order valence-electron chi connectivity index (χ0n) is 17.4. The minimum Gasteiger partial charge on any atom is -0.422 e. The number of aryl methyl sites for hydroxylation is 2. The Hall–Kier alpha value is -2.08. The van der Waals surface area contributed by atoms with E-state index in [1.165, 1.54) is 50.3 Å². The molecule has 0 unspecified atom stereocenters. The number of hydrogen-bond acceptors (Lipinski definition) is 6. The summed E-state index contributed by atoms with van der Waals surface area (Å²) in [6.45, 7) is 4.02. The van der Waals surface area contributed by atoms with Gasteiger partial charge in [-0.15, -0.1) is 10.2 Å². The second kappa shape index (κ2) is 6.71. The summed E-state index contributed by atoms with van der Waals surface area (Å²) in [7, 11) is 0. The van der Waals surface area contributed by atoms with E-state index in [0.717, 1.165) is 45.7 Å². The first-order valence-corrected chi connectivity index (χ1v) is 12.0. The molecule has 5 nitrogen and oxygen atoms in total. The molecule has 3 aromatic rings. The minimum atomic E-state index is -0.313. The molecule has 0 spiro atoms. The van der Waals surface area contributed by atoms with Gasteiger partial charge in [-0.1, -0.05) is 23.9 Å². The number of fused-ring (bicyclic) bond motifs is 1. The van der Waals surface area contributed by atoms with Crippen LogP contribution >= 0.6 is 11.8 Å². The molecule has 30 heavy (non-hydrogen) atoms. The van der Waals surface area contributed by atoms with Crippen molar-refractivity contribution in [3.05, 3.63) is 51.2 Å². The van der Waals surface area contributed by atoms with Crippen molar-refractivity contribution in [2.45, 2.75) is 68.8 Å². The summed E-state index contributed by atoms with van der Waals surface area (Å²) in [5.41, 5.74) is 3.56. The fourth-order valence-electron chi connectivity index (χ4n) is 6.64. The van der Waals surface area contributed by atoms with E-state index in [1.807, 2.05) is 19.9 Å². The number of hydrogen-bond donors (Lipinski definition) is 0. The number of rotatable bonds is 4. The summed E-state index contributed by atoms with van der Waals surface area (Å²) in [5.74, 6) is 4.00. The Morgan fingerprint density at radius 2 is 1.73 bits per heavy atom. The highest BCUT2D eigenvalue weighted by Gasteiger charge is 2.54. The molecule has 4 fully saturated rings. The maximum absolute atomic E-state index is 12.1. The van der Waals surface area contributed by atoms with Gasteiger partial charge in [0.05, 0.1) is 0 Å². The number of benzene rings is 1. The molecule has 2 heterocycles. The topological polar surface area (TPSA) is 69.1 Å². The smallest absolute Gasteiger partial charge is 0.336 e. The van der Waals surface area contributed by atoms with E-state index in [1.54, 1.807) is 6.07 Å². The van der Waals surface area contributed by atoms with Gasteiger partial charge in [-0.3, -0.25) is 0 Å². The molecule has 0 atom stereocenters. The summed E-state index contributed by atoms with van der Waals surface area (Å²) in [6, 6.07) is 5.69. The Balaban J connectivity index is 1.26. The van der Waals surface area contributed by atoms with Crippen molar-refractivity contribution in [1.82, 2.24) is 10.2 Å². The molecule has 0 saturated heterocycles. The fourth-order valence-corrected chi connectivity index (χ4v) is 7.39. The van der Waals surface area contributed by atoms with Crippen molar-refractivity contribution in [3.8, 4) is 0 Å². The van der Waals surface area contributed by atoms with E-state index in [9.17, 15) is 4.79 Å². The van der Waals surface area contributed by atoms with Crippen LogP contribution < -0.4 is 5.63 Å². The molecule has 7 rings (SSSR count). The second-order valence-corrected chi connectivity index (χ2v) is 10.8. The maximum atomic E-state index is 12.1. The zero-order valence-corrected chi connectivity index (χ0v) is 18.3. The molecule has 0 aliphatic heterocycles. The van der Waals surface area contributed by atoms with E-state index in [0.29, 0.717) is 16.6 Å². The third-order valence-electron chi connectivity index (χ3n) is 7.77. The van der Waals surface area contributed by atoms with Gasteiger partial charge in [0.15, 0.2) is 0 Å². The highest BCUT2D eigenvalue weighted by atomic mass is 32.2. The lowest BCUT2D eigenvalue weighted by molar-refractivity contribution is -0.0191. The van der Waals surface area contributed by atoms with Crippen LogP contribution in [-0.2, 0) is 11.2 Å². The molecule has 0 amide bonds. The predicted octanol–water partition coefficient (Wildman–Crippen LogP) is 5.55. The molecule has 4 bridgehead atoms. The first-order chi connectivity index (χ1) is 14.5. The summed E-state index contributed by atoms with van der Waals surface area (Å²) in [5, 5.41) is 10.5. The van der Waals surface area contributed by atoms with Crippen LogP contribution in [-0.4, -0.2) is 10.2 Å². The van der Waals surface area contributed by atoms with Crippen molar-refractivity contribution < 1.29 is 8.83 Å². The quantitative estimate of drug-likeness (QED) is 0.405. The molecule has 0 N–H and O–H groups in total. The Morgan fingerprint density at radius 1 is 1.03 bits per heavy atom. The predicted molar refractivity (Wildman–Crippen MR) is 116 cm³/mol. The lowest BCUT2D eigenvalue weighted by Crippen LogP contribution is -2.48. The first kappa shape index (κ1) is 18.7. The highest BCUT2D eigenvalue weighted by molar-refractivity contribution is 7.98. The van der Waals surface area contributed by atoms with E-state index in [2.05, 4.69) is 16.3 Å². The third-order valence-corrected chi connectivity index (χ3v) is 8.63.